The van der Waals surface area contributed by atoms with Gasteiger partial charge in [-0.05, 0) is 25.8 Å². The lowest BCUT2D eigenvalue weighted by atomic mass is 9.90. The number of hydrogen-bond acceptors (Lipinski definition) is 10. The van der Waals surface area contributed by atoms with Crippen molar-refractivity contribution in [3.63, 3.8) is 0 Å². The summed E-state index contributed by atoms with van der Waals surface area (Å²) in [6.45, 7) is 3.91. The first-order valence-electron chi connectivity index (χ1n) is 12.1. The highest BCUT2D eigenvalue weighted by Gasteiger charge is 2.47. The molecule has 4 aliphatic rings. The van der Waals surface area contributed by atoms with Gasteiger partial charge in [-0.3, -0.25) is 15.6 Å². The summed E-state index contributed by atoms with van der Waals surface area (Å²) in [5, 5.41) is 11.3. The summed E-state index contributed by atoms with van der Waals surface area (Å²) in [5.41, 5.74) is 9.22. The molecule has 0 spiro atoms. The molecule has 4 heterocycles. The Labute approximate surface area is 196 Å². The summed E-state index contributed by atoms with van der Waals surface area (Å²) in [7, 11) is -0.197. The smallest absolute Gasteiger partial charge is 0.217 e. The predicted octanol–water partition coefficient (Wildman–Crippen LogP) is -2.68. The number of piperidine rings is 2. The molecule has 0 saturated carbocycles. The Morgan fingerprint density at radius 2 is 2.09 bits per heavy atom. The van der Waals surface area contributed by atoms with Crippen molar-refractivity contribution in [3.05, 3.63) is 0 Å². The molecule has 8 atom stereocenters. The molecule has 4 fully saturated rings. The van der Waals surface area contributed by atoms with Crippen LogP contribution in [0.2, 0.25) is 0 Å². The molecule has 13 heteroatoms. The number of alkyl halides is 1. The number of methoxy groups -OCH3 is 1. The lowest BCUT2D eigenvalue weighted by molar-refractivity contribution is -0.0106. The molecule has 4 rings (SSSR count). The number of ether oxygens (including phenoxy) is 1. The van der Waals surface area contributed by atoms with E-state index in [9.17, 15) is 12.8 Å². The first kappa shape index (κ1) is 25.6. The fourth-order valence-corrected chi connectivity index (χ4v) is 7.21. The fourth-order valence-electron chi connectivity index (χ4n) is 5.80. The topological polar surface area (TPSA) is 136 Å². The monoisotopic (exact) mass is 492 g/mol. The van der Waals surface area contributed by atoms with Gasteiger partial charge in [-0.25, -0.2) is 22.5 Å². The van der Waals surface area contributed by atoms with Crippen molar-refractivity contribution in [1.82, 2.24) is 36.0 Å². The first-order chi connectivity index (χ1) is 15.8. The van der Waals surface area contributed by atoms with E-state index in [0.29, 0.717) is 19.0 Å². The molecule has 4 aliphatic heterocycles. The van der Waals surface area contributed by atoms with Crippen molar-refractivity contribution in [3.8, 4) is 0 Å². The maximum Gasteiger partial charge on any atom is 0.217 e. The standard InChI is InChI=1S/C20H41FN8O3S/c1-28-19-13(10-26-28)9-25-20(32-2)18(19)27-33(30,31)16(8-22)11-24-17-7-15(3-5-23-17)29-6-4-14(21)12-29/h13-20,23-27H,3-12,22H2,1-2H3/t13?,14-,15?,16?,17?,18?,19?,20?/m0/s1. The number of hydrazine groups is 1. The van der Waals surface area contributed by atoms with Crippen LogP contribution in [0.15, 0.2) is 0 Å². The van der Waals surface area contributed by atoms with Gasteiger partial charge in [0, 0.05) is 71.4 Å². The quantitative estimate of drug-likeness (QED) is 0.202. The van der Waals surface area contributed by atoms with E-state index in [1.165, 1.54) is 0 Å². The van der Waals surface area contributed by atoms with Gasteiger partial charge in [0.25, 0.3) is 0 Å². The van der Waals surface area contributed by atoms with Crippen LogP contribution in [0.4, 0.5) is 4.39 Å². The van der Waals surface area contributed by atoms with Gasteiger partial charge in [0.15, 0.2) is 0 Å². The maximum absolute atomic E-state index is 13.6. The molecule has 7 unspecified atom stereocenters. The zero-order valence-corrected chi connectivity index (χ0v) is 20.5. The number of sulfonamides is 1. The highest BCUT2D eigenvalue weighted by atomic mass is 32.2. The van der Waals surface area contributed by atoms with Crippen molar-refractivity contribution >= 4 is 10.0 Å². The predicted molar refractivity (Wildman–Crippen MR) is 124 cm³/mol. The van der Waals surface area contributed by atoms with Gasteiger partial charge in [-0.15, -0.1) is 0 Å². The Bertz CT molecular complexity index is 749. The molecule has 0 aliphatic carbocycles. The molecule has 4 saturated heterocycles. The molecular formula is C20H41FN8O3S. The Hall–Kier alpha value is -0.480. The number of nitrogens with one attached hydrogen (secondary N) is 5. The van der Waals surface area contributed by atoms with E-state index >= 15 is 0 Å². The number of fused-ring (bicyclic) bond motifs is 1. The van der Waals surface area contributed by atoms with Crippen molar-refractivity contribution < 1.29 is 17.5 Å². The summed E-state index contributed by atoms with van der Waals surface area (Å²) < 4.78 is 48.8. The lowest BCUT2D eigenvalue weighted by Gasteiger charge is -2.42. The second-order valence-electron chi connectivity index (χ2n) is 9.81. The van der Waals surface area contributed by atoms with Crippen LogP contribution in [0.25, 0.3) is 0 Å². The molecule has 0 radical (unpaired) electrons. The average molecular weight is 493 g/mol. The van der Waals surface area contributed by atoms with Gasteiger partial charge in [0.2, 0.25) is 10.0 Å². The van der Waals surface area contributed by atoms with E-state index in [1.807, 2.05) is 12.1 Å². The number of halogens is 1. The highest BCUT2D eigenvalue weighted by molar-refractivity contribution is 7.90. The second kappa shape index (κ2) is 11.1. The van der Waals surface area contributed by atoms with Crippen LogP contribution in [0.5, 0.6) is 0 Å². The fraction of sp³-hybridized carbons (Fsp3) is 1.00. The van der Waals surface area contributed by atoms with Crippen LogP contribution in [0.1, 0.15) is 19.3 Å². The molecule has 0 bridgehead atoms. The minimum absolute atomic E-state index is 0.00806. The molecular weight excluding hydrogens is 451 g/mol. The number of nitrogens with zero attached hydrogens (tertiary/aromatic N) is 2. The van der Waals surface area contributed by atoms with Crippen LogP contribution >= 0.6 is 0 Å². The Kier molecular flexibility index (Phi) is 8.58. The molecule has 0 aromatic rings. The van der Waals surface area contributed by atoms with Gasteiger partial charge >= 0.3 is 0 Å². The van der Waals surface area contributed by atoms with Crippen molar-refractivity contribution in [2.24, 2.45) is 11.7 Å². The van der Waals surface area contributed by atoms with Gasteiger partial charge in [-0.2, -0.15) is 0 Å². The van der Waals surface area contributed by atoms with E-state index in [-0.39, 0.29) is 31.2 Å². The maximum atomic E-state index is 13.6. The number of likely N-dealkylation sites (N-methyl/N-ethyl adjacent to an activating group) is 1. The number of nitrogens with two attached hydrogens (primary N) is 1. The van der Waals surface area contributed by atoms with Crippen molar-refractivity contribution in [1.29, 1.82) is 0 Å². The minimum Gasteiger partial charge on any atom is -0.365 e. The third-order valence-corrected chi connectivity index (χ3v) is 9.55. The highest BCUT2D eigenvalue weighted by Crippen LogP contribution is 2.25. The molecule has 33 heavy (non-hydrogen) atoms. The Morgan fingerprint density at radius 3 is 2.79 bits per heavy atom. The largest absolute Gasteiger partial charge is 0.365 e. The number of rotatable bonds is 9. The summed E-state index contributed by atoms with van der Waals surface area (Å²) >= 11 is 0. The van der Waals surface area contributed by atoms with Crippen LogP contribution in [0.3, 0.4) is 0 Å². The zero-order valence-electron chi connectivity index (χ0n) is 19.7. The Morgan fingerprint density at radius 1 is 1.27 bits per heavy atom. The molecule has 11 nitrogen and oxygen atoms in total. The summed E-state index contributed by atoms with van der Waals surface area (Å²) in [6, 6.07) is -0.139. The van der Waals surface area contributed by atoms with Gasteiger partial charge in [0.05, 0.1) is 12.2 Å². The third-order valence-electron chi connectivity index (χ3n) is 7.71. The van der Waals surface area contributed by atoms with E-state index < -0.39 is 33.7 Å². The van der Waals surface area contributed by atoms with Gasteiger partial charge in [0.1, 0.15) is 17.6 Å². The van der Waals surface area contributed by atoms with Gasteiger partial charge in [-0.1, -0.05) is 0 Å². The summed E-state index contributed by atoms with van der Waals surface area (Å²) in [6.07, 6.45) is 1.22. The second-order valence-corrected chi connectivity index (χ2v) is 11.8. The van der Waals surface area contributed by atoms with E-state index in [1.54, 1.807) is 7.11 Å². The summed E-state index contributed by atoms with van der Waals surface area (Å²) in [5.74, 6) is 0.279. The number of hydrogen-bond donors (Lipinski definition) is 6. The SMILES string of the molecule is COC1NCC2CNN(C)C2C1NS(=O)(=O)C(CN)CNC1CC(N2CC[C@H](F)C2)CCN1. The summed E-state index contributed by atoms with van der Waals surface area (Å²) in [4.78, 5) is 2.22. The lowest BCUT2D eigenvalue weighted by Crippen LogP contribution is -2.67. The zero-order chi connectivity index (χ0) is 23.6. The molecule has 0 amide bonds. The van der Waals surface area contributed by atoms with Crippen LogP contribution in [0, 0.1) is 5.92 Å². The average Bonchev–Trinajstić information content (AvgIpc) is 3.40. The van der Waals surface area contributed by atoms with Gasteiger partial charge < -0.3 is 21.1 Å². The number of likely N-dealkylation sites (tertiary alicyclic amines) is 1. The van der Waals surface area contributed by atoms with Crippen LogP contribution in [-0.4, -0.2) is 120 Å². The Balaban J connectivity index is 1.35. The third kappa shape index (κ3) is 5.85. The normalized spacial score (nSPS) is 39.6. The molecule has 0 aromatic carbocycles. The molecule has 192 valence electrons. The minimum atomic E-state index is -3.71. The van der Waals surface area contributed by atoms with Crippen molar-refractivity contribution in [2.45, 2.75) is 61.2 Å². The van der Waals surface area contributed by atoms with E-state index in [2.05, 4.69) is 31.0 Å². The van der Waals surface area contributed by atoms with E-state index in [4.69, 9.17) is 10.5 Å². The van der Waals surface area contributed by atoms with Crippen molar-refractivity contribution in [2.75, 3.05) is 60.0 Å². The molecule has 0 aromatic heterocycles. The molecule has 7 N–H and O–H groups in total. The van der Waals surface area contributed by atoms with Crippen LogP contribution in [-0.2, 0) is 14.8 Å². The first-order valence-corrected chi connectivity index (χ1v) is 13.7. The van der Waals surface area contributed by atoms with E-state index in [0.717, 1.165) is 39.0 Å². The van der Waals surface area contributed by atoms with Crippen LogP contribution < -0.4 is 31.8 Å².